The molecule has 8 aromatic rings. The summed E-state index contributed by atoms with van der Waals surface area (Å²) in [5.41, 5.74) is 9.48. The van der Waals surface area contributed by atoms with Crippen LogP contribution in [0, 0.1) is 6.92 Å². The number of piperazine rings is 1. The van der Waals surface area contributed by atoms with Crippen LogP contribution in [0.4, 0.5) is 39.7 Å². The number of benzene rings is 3. The zero-order valence-electron chi connectivity index (χ0n) is 42.6. The zero-order chi connectivity index (χ0) is 51.1. The van der Waals surface area contributed by atoms with Crippen LogP contribution in [0.15, 0.2) is 91.4 Å². The average Bonchev–Trinajstić information content (AvgIpc) is 3.85. The van der Waals surface area contributed by atoms with E-state index in [0.29, 0.717) is 72.8 Å². The van der Waals surface area contributed by atoms with Gasteiger partial charge in [-0.2, -0.15) is 19.6 Å². The van der Waals surface area contributed by atoms with E-state index in [4.69, 9.17) is 34.5 Å². The lowest BCUT2D eigenvalue weighted by Gasteiger charge is -2.43. The number of aromatic amines is 1. The number of likely N-dealkylation sites (N-methyl/N-ethyl adjacent to an activating group) is 2. The normalized spacial score (nSPS) is 15.8. The summed E-state index contributed by atoms with van der Waals surface area (Å²) in [4.78, 5) is 63.5. The number of amides is 2. The molecule has 1 saturated carbocycles. The smallest absolute Gasteiger partial charge is 0.410 e. The maximum absolute atomic E-state index is 14.0. The fourth-order valence-corrected chi connectivity index (χ4v) is 9.55. The molecule has 378 valence electrons. The third kappa shape index (κ3) is 10.1. The van der Waals surface area contributed by atoms with Gasteiger partial charge >= 0.3 is 6.09 Å². The molecule has 2 fully saturated rings. The second-order valence-electron chi connectivity index (χ2n) is 19.5. The molecule has 2 amide bonds. The number of carbonyl (C=O) groups excluding carboxylic acids is 2. The molecule has 20 heteroatoms. The summed E-state index contributed by atoms with van der Waals surface area (Å²) >= 11 is 0. The van der Waals surface area contributed by atoms with Crippen LogP contribution >= 0.6 is 0 Å². The van der Waals surface area contributed by atoms with E-state index in [1.54, 1.807) is 28.8 Å². The molecule has 73 heavy (non-hydrogen) atoms. The predicted octanol–water partition coefficient (Wildman–Crippen LogP) is 7.73. The maximum atomic E-state index is 14.0. The largest absolute Gasteiger partial charge is 0.494 e. The Bertz CT molecular complexity index is 3360. The first-order valence-corrected chi connectivity index (χ1v) is 24.6. The molecule has 4 N–H and O–H groups in total. The molecule has 5 aromatic heterocycles. The average molecular weight is 987 g/mol. The van der Waals surface area contributed by atoms with Gasteiger partial charge in [-0.3, -0.25) is 9.69 Å². The van der Waals surface area contributed by atoms with Crippen molar-refractivity contribution < 1.29 is 19.1 Å². The number of anilines is 6. The number of carbonyl (C=O) groups is 2. The van der Waals surface area contributed by atoms with E-state index in [2.05, 4.69) is 78.2 Å². The van der Waals surface area contributed by atoms with E-state index >= 15 is 0 Å². The van der Waals surface area contributed by atoms with Crippen molar-refractivity contribution >= 4 is 74.5 Å². The van der Waals surface area contributed by atoms with Crippen molar-refractivity contribution in [2.24, 2.45) is 7.05 Å². The lowest BCUT2D eigenvalue weighted by atomic mass is 10.1. The number of rotatable bonds is 17. The Kier molecular flexibility index (Phi) is 13.3. The number of fused-ring (bicyclic) bond motifs is 3. The van der Waals surface area contributed by atoms with E-state index < -0.39 is 12.0 Å². The molecule has 2 aliphatic rings. The first-order chi connectivity index (χ1) is 35.2. The molecule has 6 heterocycles. The molecule has 0 bridgehead atoms. The third-order valence-corrected chi connectivity index (χ3v) is 13.5. The van der Waals surface area contributed by atoms with Gasteiger partial charge in [0.05, 0.1) is 65.7 Å². The standard InChI is InChI=1S/C53H62N16O4/c1-31-14-17-40-41(22-31)58-47(57-40)26-55-51-63-52(62-48-37(35-15-16-35)25-56-69(48)51)67-27-33(3)68(34(4)28-67)53(71)73-30-32(2)49(70)59-42-23-43(46(72-9)24-45(42)65(7)21-20-64(5)6)61-50-54-19-18-39(60-50)38-29-66(8)44-13-11-10-12-36(38)44/h10-14,17-19,22-25,29,33-35H,2,15-16,20-21,26-28,30H2,1,3-9H3,(H,57,58)(H,59,70)(H,54,60,61)(H,55,62,63)/t33-,34+. The number of nitrogens with zero attached hydrogens (tertiary/aromatic N) is 12. The monoisotopic (exact) mass is 987 g/mol. The van der Waals surface area contributed by atoms with E-state index in [-0.39, 0.29) is 24.3 Å². The Balaban J connectivity index is 0.819. The second-order valence-corrected chi connectivity index (χ2v) is 19.5. The SMILES string of the molecule is C=C(COC(=O)N1[C@H](C)CN(c2nc(NCc3nc4ccc(C)cc4[nH]3)n3ncc(C4CC4)c3n2)C[C@@H]1C)C(=O)Nc1cc(Nc2nccc(-c3cn(C)c4ccccc34)n2)c(OC)cc1N(C)CCN(C)C. The van der Waals surface area contributed by atoms with Crippen molar-refractivity contribution in [1.82, 2.24) is 53.9 Å². The minimum atomic E-state index is -0.550. The molecular formula is C53H62N16O4. The summed E-state index contributed by atoms with van der Waals surface area (Å²) in [6.07, 6.45) is 7.30. The first kappa shape index (κ1) is 48.4. The van der Waals surface area contributed by atoms with Gasteiger partial charge in [0, 0.05) is 86.3 Å². The quantitative estimate of drug-likeness (QED) is 0.0645. The molecule has 0 spiro atoms. The number of aryl methyl sites for hydroxylation is 2. The third-order valence-electron chi connectivity index (χ3n) is 13.5. The molecule has 10 rings (SSSR count). The Morgan fingerprint density at radius 1 is 0.945 bits per heavy atom. The van der Waals surface area contributed by atoms with Crippen molar-refractivity contribution in [3.05, 3.63) is 108 Å². The Hall–Kier alpha value is -8.26. The van der Waals surface area contributed by atoms with E-state index in [9.17, 15) is 9.59 Å². The van der Waals surface area contributed by atoms with Crippen LogP contribution in [0.25, 0.3) is 38.8 Å². The van der Waals surface area contributed by atoms with Gasteiger partial charge in [0.2, 0.25) is 17.8 Å². The molecule has 20 nitrogen and oxygen atoms in total. The van der Waals surface area contributed by atoms with Crippen molar-refractivity contribution in [3.8, 4) is 17.0 Å². The predicted molar refractivity (Wildman–Crippen MR) is 285 cm³/mol. The van der Waals surface area contributed by atoms with Gasteiger partial charge < -0.3 is 49.7 Å². The van der Waals surface area contributed by atoms with Gasteiger partial charge in [-0.1, -0.05) is 30.8 Å². The van der Waals surface area contributed by atoms with E-state index in [0.717, 1.165) is 75.2 Å². The van der Waals surface area contributed by atoms with Gasteiger partial charge in [-0.15, -0.1) is 0 Å². The fraction of sp³-hybridized carbons (Fsp3) is 0.358. The van der Waals surface area contributed by atoms with Crippen LogP contribution in [0.2, 0.25) is 0 Å². The highest BCUT2D eigenvalue weighted by molar-refractivity contribution is 6.06. The van der Waals surface area contributed by atoms with Crippen LogP contribution in [-0.4, -0.2) is 139 Å². The fourth-order valence-electron chi connectivity index (χ4n) is 9.55. The number of ether oxygens (including phenoxy) is 2. The number of nitrogens with one attached hydrogen (secondary N) is 4. The molecule has 1 aliphatic carbocycles. The topological polar surface area (TPSA) is 204 Å². The van der Waals surface area contributed by atoms with Crippen molar-refractivity contribution in [2.75, 3.05) is 86.8 Å². The number of para-hydroxylation sites is 1. The Labute approximate surface area is 423 Å². The summed E-state index contributed by atoms with van der Waals surface area (Å²) in [7, 11) is 9.56. The minimum Gasteiger partial charge on any atom is -0.494 e. The first-order valence-electron chi connectivity index (χ1n) is 24.6. The molecular weight excluding hydrogens is 925 g/mol. The molecule has 1 saturated heterocycles. The lowest BCUT2D eigenvalue weighted by Crippen LogP contribution is -2.59. The molecule has 0 radical (unpaired) electrons. The summed E-state index contributed by atoms with van der Waals surface area (Å²) in [6.45, 7) is 12.4. The zero-order valence-corrected chi connectivity index (χ0v) is 42.6. The molecule has 1 aliphatic heterocycles. The summed E-state index contributed by atoms with van der Waals surface area (Å²) < 4.78 is 15.6. The lowest BCUT2D eigenvalue weighted by molar-refractivity contribution is -0.113. The van der Waals surface area contributed by atoms with Gasteiger partial charge in [0.1, 0.15) is 18.2 Å². The number of methoxy groups -OCH3 is 1. The van der Waals surface area contributed by atoms with Crippen LogP contribution in [0.1, 0.15) is 49.6 Å². The van der Waals surface area contributed by atoms with Gasteiger partial charge in [-0.05, 0) is 89.5 Å². The minimum absolute atomic E-state index is 0.0670. The molecule has 3 aromatic carbocycles. The molecule has 2 atom stereocenters. The maximum Gasteiger partial charge on any atom is 0.410 e. The van der Waals surface area contributed by atoms with Crippen LogP contribution in [-0.2, 0) is 23.1 Å². The second kappa shape index (κ2) is 20.1. The van der Waals surface area contributed by atoms with Gasteiger partial charge in [0.15, 0.2) is 5.65 Å². The van der Waals surface area contributed by atoms with Crippen molar-refractivity contribution in [2.45, 2.75) is 58.2 Å². The number of aromatic nitrogens is 9. The molecule has 0 unspecified atom stereocenters. The highest BCUT2D eigenvalue weighted by Gasteiger charge is 2.36. The summed E-state index contributed by atoms with van der Waals surface area (Å²) in [6, 6.07) is 19.3. The van der Waals surface area contributed by atoms with Crippen LogP contribution in [0.3, 0.4) is 0 Å². The highest BCUT2D eigenvalue weighted by atomic mass is 16.6. The Morgan fingerprint density at radius 2 is 1.74 bits per heavy atom. The summed E-state index contributed by atoms with van der Waals surface area (Å²) in [5, 5.41) is 15.6. The summed E-state index contributed by atoms with van der Waals surface area (Å²) in [5.74, 6) is 2.64. The number of hydrogen-bond acceptors (Lipinski definition) is 15. The van der Waals surface area contributed by atoms with Crippen LogP contribution < -0.4 is 30.5 Å². The van der Waals surface area contributed by atoms with Crippen molar-refractivity contribution in [3.63, 3.8) is 0 Å². The van der Waals surface area contributed by atoms with Crippen molar-refractivity contribution in [1.29, 1.82) is 0 Å². The number of H-pyrrole nitrogens is 1. The Morgan fingerprint density at radius 3 is 2.51 bits per heavy atom. The van der Waals surface area contributed by atoms with Crippen LogP contribution in [0.5, 0.6) is 5.75 Å². The van der Waals surface area contributed by atoms with E-state index in [1.807, 2.05) is 89.5 Å². The number of imidazole rings is 1. The van der Waals surface area contributed by atoms with Gasteiger partial charge in [0.25, 0.3) is 5.91 Å². The van der Waals surface area contributed by atoms with E-state index in [1.165, 1.54) is 0 Å². The number of hydrogen-bond donors (Lipinski definition) is 4. The van der Waals surface area contributed by atoms with Gasteiger partial charge in [-0.25, -0.2) is 19.7 Å². The highest BCUT2D eigenvalue weighted by Crippen LogP contribution is 2.42.